The summed E-state index contributed by atoms with van der Waals surface area (Å²) in [5.74, 6) is 0.251. The third-order valence-corrected chi connectivity index (χ3v) is 5.33. The van der Waals surface area contributed by atoms with Crippen LogP contribution in [0.3, 0.4) is 0 Å². The third-order valence-electron chi connectivity index (χ3n) is 3.31. The minimum atomic E-state index is -3.49. The van der Waals surface area contributed by atoms with Crippen LogP contribution in [0.1, 0.15) is 26.7 Å². The molecule has 100 valence electrons. The molecule has 2 atom stereocenters. The van der Waals surface area contributed by atoms with Gasteiger partial charge in [0.05, 0.1) is 6.04 Å². The topological polar surface area (TPSA) is 90.5 Å². The first kappa shape index (κ1) is 14.4. The molecule has 17 heavy (non-hydrogen) atoms. The van der Waals surface area contributed by atoms with Crippen LogP contribution in [-0.4, -0.2) is 49.0 Å². The zero-order valence-corrected chi connectivity index (χ0v) is 11.5. The van der Waals surface area contributed by atoms with Crippen LogP contribution in [0.15, 0.2) is 0 Å². The summed E-state index contributed by atoms with van der Waals surface area (Å²) in [7, 11) is -2.02. The lowest BCUT2D eigenvalue weighted by Crippen LogP contribution is -2.51. The van der Waals surface area contributed by atoms with Gasteiger partial charge in [0.1, 0.15) is 5.84 Å². The molecule has 7 heteroatoms. The van der Waals surface area contributed by atoms with E-state index in [1.54, 1.807) is 6.92 Å². The van der Waals surface area contributed by atoms with E-state index in [0.29, 0.717) is 19.0 Å². The van der Waals surface area contributed by atoms with Crippen molar-refractivity contribution >= 4 is 16.0 Å². The summed E-state index contributed by atoms with van der Waals surface area (Å²) in [6, 6.07) is -0.600. The minimum absolute atomic E-state index is 0.138. The second kappa shape index (κ2) is 5.32. The van der Waals surface area contributed by atoms with Gasteiger partial charge in [0.15, 0.2) is 0 Å². The highest BCUT2D eigenvalue weighted by Gasteiger charge is 2.33. The number of amidine groups is 1. The van der Waals surface area contributed by atoms with E-state index in [4.69, 9.17) is 11.1 Å². The largest absolute Gasteiger partial charge is 0.386 e. The quantitative estimate of drug-likeness (QED) is 0.561. The number of piperidine rings is 1. The van der Waals surface area contributed by atoms with Crippen molar-refractivity contribution < 1.29 is 8.42 Å². The highest BCUT2D eigenvalue weighted by Crippen LogP contribution is 2.20. The first-order valence-electron chi connectivity index (χ1n) is 5.83. The summed E-state index contributed by atoms with van der Waals surface area (Å²) in [5, 5.41) is 7.32. The van der Waals surface area contributed by atoms with Gasteiger partial charge in [0, 0.05) is 20.1 Å². The summed E-state index contributed by atoms with van der Waals surface area (Å²) in [6.45, 7) is 4.78. The second-order valence-electron chi connectivity index (χ2n) is 4.76. The van der Waals surface area contributed by atoms with Gasteiger partial charge in [-0.2, -0.15) is 17.0 Å². The van der Waals surface area contributed by atoms with E-state index in [-0.39, 0.29) is 5.84 Å². The van der Waals surface area contributed by atoms with E-state index in [1.165, 1.54) is 15.7 Å². The van der Waals surface area contributed by atoms with Gasteiger partial charge in [-0.25, -0.2) is 0 Å². The molecule has 6 nitrogen and oxygen atoms in total. The molecule has 0 bridgehead atoms. The van der Waals surface area contributed by atoms with Crippen molar-refractivity contribution in [2.24, 2.45) is 11.7 Å². The average molecular weight is 262 g/mol. The summed E-state index contributed by atoms with van der Waals surface area (Å²) in [4.78, 5) is 0. The number of hydrogen-bond acceptors (Lipinski definition) is 3. The summed E-state index contributed by atoms with van der Waals surface area (Å²) in [6.07, 6.45) is 1.96. The fraction of sp³-hybridized carbons (Fsp3) is 0.900. The molecule has 1 aliphatic rings. The van der Waals surface area contributed by atoms with Crippen molar-refractivity contribution in [2.45, 2.75) is 32.7 Å². The van der Waals surface area contributed by atoms with Gasteiger partial charge in [-0.15, -0.1) is 0 Å². The maximum absolute atomic E-state index is 12.3. The molecule has 1 fully saturated rings. The van der Waals surface area contributed by atoms with Crippen molar-refractivity contribution in [1.29, 1.82) is 5.41 Å². The number of nitrogens with zero attached hydrogens (tertiary/aromatic N) is 2. The monoisotopic (exact) mass is 262 g/mol. The molecular weight excluding hydrogens is 240 g/mol. The number of rotatable bonds is 4. The number of nitrogens with one attached hydrogen (secondary N) is 1. The molecule has 0 aromatic rings. The summed E-state index contributed by atoms with van der Waals surface area (Å²) >= 11 is 0. The van der Waals surface area contributed by atoms with Crippen LogP contribution in [0, 0.1) is 11.3 Å². The van der Waals surface area contributed by atoms with Gasteiger partial charge in [0.25, 0.3) is 10.2 Å². The van der Waals surface area contributed by atoms with Crippen LogP contribution in [0.25, 0.3) is 0 Å². The molecule has 2 unspecified atom stereocenters. The molecule has 0 radical (unpaired) electrons. The van der Waals surface area contributed by atoms with Crippen molar-refractivity contribution in [2.75, 3.05) is 20.1 Å². The smallest absolute Gasteiger partial charge is 0.282 e. The Labute approximate surface area is 103 Å². The predicted molar refractivity (Wildman–Crippen MR) is 68.0 cm³/mol. The van der Waals surface area contributed by atoms with E-state index >= 15 is 0 Å². The fourth-order valence-electron chi connectivity index (χ4n) is 1.93. The number of nitrogens with two attached hydrogens (primary N) is 1. The van der Waals surface area contributed by atoms with E-state index in [0.717, 1.165) is 12.8 Å². The Morgan fingerprint density at radius 2 is 2.18 bits per heavy atom. The summed E-state index contributed by atoms with van der Waals surface area (Å²) in [5.41, 5.74) is 5.35. The minimum Gasteiger partial charge on any atom is -0.386 e. The fourth-order valence-corrected chi connectivity index (χ4v) is 3.61. The van der Waals surface area contributed by atoms with E-state index in [2.05, 4.69) is 6.92 Å². The standard InChI is InChI=1S/C10H22N4O2S/c1-8-5-4-6-14(7-8)17(15,16)13(3)9(2)10(11)12/h8-9H,4-7H2,1-3H3,(H3,11,12). The lowest BCUT2D eigenvalue weighted by molar-refractivity contribution is 0.261. The lowest BCUT2D eigenvalue weighted by Gasteiger charge is -2.34. The molecule has 3 N–H and O–H groups in total. The highest BCUT2D eigenvalue weighted by molar-refractivity contribution is 7.86. The Balaban J connectivity index is 2.83. The van der Waals surface area contributed by atoms with Crippen LogP contribution in [0.5, 0.6) is 0 Å². The average Bonchev–Trinajstić information content (AvgIpc) is 2.26. The molecule has 0 saturated carbocycles. The number of likely N-dealkylation sites (N-methyl/N-ethyl adjacent to an activating group) is 1. The zero-order chi connectivity index (χ0) is 13.2. The van der Waals surface area contributed by atoms with Gasteiger partial charge in [0.2, 0.25) is 0 Å². The highest BCUT2D eigenvalue weighted by atomic mass is 32.2. The molecule has 0 spiro atoms. The van der Waals surface area contributed by atoms with Gasteiger partial charge < -0.3 is 5.73 Å². The molecular formula is C10H22N4O2S. The van der Waals surface area contributed by atoms with Crippen molar-refractivity contribution in [1.82, 2.24) is 8.61 Å². The Morgan fingerprint density at radius 3 is 2.65 bits per heavy atom. The van der Waals surface area contributed by atoms with Gasteiger partial charge in [-0.3, -0.25) is 5.41 Å². The van der Waals surface area contributed by atoms with Crippen molar-refractivity contribution in [3.63, 3.8) is 0 Å². The van der Waals surface area contributed by atoms with E-state index in [9.17, 15) is 8.42 Å². The third kappa shape index (κ3) is 3.17. The van der Waals surface area contributed by atoms with Crippen molar-refractivity contribution in [3.8, 4) is 0 Å². The second-order valence-corrected chi connectivity index (χ2v) is 6.75. The molecule has 0 aromatic carbocycles. The van der Waals surface area contributed by atoms with Crippen LogP contribution in [0.4, 0.5) is 0 Å². The number of hydrogen-bond donors (Lipinski definition) is 2. The molecule has 0 aliphatic carbocycles. The Hall–Kier alpha value is -0.660. The maximum atomic E-state index is 12.3. The predicted octanol–water partition coefficient (Wildman–Crippen LogP) is 0.219. The van der Waals surface area contributed by atoms with Crippen molar-refractivity contribution in [3.05, 3.63) is 0 Å². The molecule has 0 aromatic heterocycles. The van der Waals surface area contributed by atoms with Crippen LogP contribution >= 0.6 is 0 Å². The molecule has 1 heterocycles. The summed E-state index contributed by atoms with van der Waals surface area (Å²) < 4.78 is 27.2. The zero-order valence-electron chi connectivity index (χ0n) is 10.7. The molecule has 0 amide bonds. The maximum Gasteiger partial charge on any atom is 0.282 e. The SMILES string of the molecule is CC1CCCN(S(=O)(=O)N(C)C(C)C(=N)N)C1. The van der Waals surface area contributed by atoms with Gasteiger partial charge >= 0.3 is 0 Å². The van der Waals surface area contributed by atoms with E-state index < -0.39 is 16.3 Å². The van der Waals surface area contributed by atoms with Crippen LogP contribution in [-0.2, 0) is 10.2 Å². The van der Waals surface area contributed by atoms with Gasteiger partial charge in [-0.05, 0) is 25.7 Å². The normalized spacial score (nSPS) is 24.8. The molecule has 1 rings (SSSR count). The molecule has 1 aliphatic heterocycles. The van der Waals surface area contributed by atoms with E-state index in [1.807, 2.05) is 0 Å². The van der Waals surface area contributed by atoms with Crippen LogP contribution in [0.2, 0.25) is 0 Å². The Morgan fingerprint density at radius 1 is 1.59 bits per heavy atom. The first-order valence-corrected chi connectivity index (χ1v) is 7.23. The Kier molecular flexibility index (Phi) is 4.51. The van der Waals surface area contributed by atoms with Crippen LogP contribution < -0.4 is 5.73 Å². The first-order chi connectivity index (χ1) is 7.76. The van der Waals surface area contributed by atoms with Gasteiger partial charge in [-0.1, -0.05) is 6.92 Å². The lowest BCUT2D eigenvalue weighted by atomic mass is 10.0. The Bertz CT molecular complexity index is 382. The molecule has 1 saturated heterocycles.